The van der Waals surface area contributed by atoms with Crippen molar-refractivity contribution in [3.05, 3.63) is 48.3 Å². The first-order valence-electron chi connectivity index (χ1n) is 8.35. The van der Waals surface area contributed by atoms with Crippen molar-refractivity contribution >= 4 is 29.9 Å². The molecule has 6 nitrogen and oxygen atoms in total. The van der Waals surface area contributed by atoms with Crippen molar-refractivity contribution in [3.63, 3.8) is 0 Å². The van der Waals surface area contributed by atoms with Crippen molar-refractivity contribution in [3.8, 4) is 5.75 Å². The molecule has 1 aromatic carbocycles. The number of rotatable bonds is 8. The van der Waals surface area contributed by atoms with Gasteiger partial charge in [-0.1, -0.05) is 25.1 Å². The molecule has 25 heavy (non-hydrogen) atoms. The van der Waals surface area contributed by atoms with E-state index in [1.807, 2.05) is 42.1 Å². The molecule has 0 saturated carbocycles. The van der Waals surface area contributed by atoms with Gasteiger partial charge in [0, 0.05) is 44.6 Å². The number of nitrogens with zero attached hydrogens (tertiary/aromatic N) is 3. The van der Waals surface area contributed by atoms with Crippen LogP contribution in [0, 0.1) is 5.92 Å². The van der Waals surface area contributed by atoms with Crippen LogP contribution in [0.4, 0.5) is 0 Å². The molecule has 0 aliphatic rings. The van der Waals surface area contributed by atoms with Crippen LogP contribution in [0.2, 0.25) is 0 Å². The number of hydrogen-bond donors (Lipinski definition) is 2. The van der Waals surface area contributed by atoms with Crippen LogP contribution in [0.15, 0.2) is 47.7 Å². The van der Waals surface area contributed by atoms with E-state index in [0.29, 0.717) is 19.1 Å². The van der Waals surface area contributed by atoms with E-state index in [0.717, 1.165) is 30.4 Å². The first-order valence-corrected chi connectivity index (χ1v) is 8.35. The second kappa shape index (κ2) is 11.7. The molecule has 1 atom stereocenters. The summed E-state index contributed by atoms with van der Waals surface area (Å²) in [5.74, 6) is 2.14. The number of para-hydroxylation sites is 1. The smallest absolute Gasteiger partial charge is 0.191 e. The van der Waals surface area contributed by atoms with Crippen LogP contribution in [-0.2, 0) is 13.1 Å². The zero-order valence-electron chi connectivity index (χ0n) is 15.1. The highest BCUT2D eigenvalue weighted by Crippen LogP contribution is 2.17. The molecule has 0 saturated heterocycles. The molecule has 1 heterocycles. The summed E-state index contributed by atoms with van der Waals surface area (Å²) < 4.78 is 7.60. The maximum atomic E-state index is 5.65. The van der Waals surface area contributed by atoms with E-state index in [1.54, 1.807) is 13.2 Å². The standard InChI is InChI=1S/C18H27N5O.HI/c1-4-24-17-9-6-5-8-16(17)13-21-18(19-3)20-12-15(2)14-23-11-7-10-22-23;/h5-11,15H,4,12-14H2,1-3H3,(H2,19,20,21);1H. The minimum absolute atomic E-state index is 0. The lowest BCUT2D eigenvalue weighted by atomic mass is 10.2. The summed E-state index contributed by atoms with van der Waals surface area (Å²) in [5, 5.41) is 10.9. The van der Waals surface area contributed by atoms with Gasteiger partial charge >= 0.3 is 0 Å². The minimum atomic E-state index is 0. The van der Waals surface area contributed by atoms with E-state index in [2.05, 4.69) is 33.7 Å². The van der Waals surface area contributed by atoms with E-state index in [4.69, 9.17) is 4.74 Å². The molecule has 1 aromatic heterocycles. The summed E-state index contributed by atoms with van der Waals surface area (Å²) in [4.78, 5) is 4.28. The van der Waals surface area contributed by atoms with Crippen LogP contribution < -0.4 is 15.4 Å². The van der Waals surface area contributed by atoms with E-state index >= 15 is 0 Å². The Labute approximate surface area is 167 Å². The summed E-state index contributed by atoms with van der Waals surface area (Å²) in [6.45, 7) is 7.22. The zero-order chi connectivity index (χ0) is 17.2. The van der Waals surface area contributed by atoms with Crippen LogP contribution in [0.3, 0.4) is 0 Å². The molecule has 0 fully saturated rings. The molecule has 0 aliphatic carbocycles. The van der Waals surface area contributed by atoms with Crippen molar-refractivity contribution in [1.29, 1.82) is 0 Å². The highest BCUT2D eigenvalue weighted by molar-refractivity contribution is 14.0. The van der Waals surface area contributed by atoms with Gasteiger partial charge in [-0.3, -0.25) is 9.67 Å². The summed E-state index contributed by atoms with van der Waals surface area (Å²) >= 11 is 0. The third kappa shape index (κ3) is 7.33. The molecule has 7 heteroatoms. The van der Waals surface area contributed by atoms with Gasteiger partial charge in [-0.15, -0.1) is 24.0 Å². The lowest BCUT2D eigenvalue weighted by Crippen LogP contribution is -2.39. The lowest BCUT2D eigenvalue weighted by molar-refractivity contribution is 0.336. The van der Waals surface area contributed by atoms with Gasteiger partial charge in [0.2, 0.25) is 0 Å². The quantitative estimate of drug-likeness (QED) is 0.364. The van der Waals surface area contributed by atoms with Gasteiger partial charge in [0.05, 0.1) is 6.61 Å². The van der Waals surface area contributed by atoms with E-state index in [9.17, 15) is 0 Å². The highest BCUT2D eigenvalue weighted by Gasteiger charge is 2.07. The third-order valence-corrected chi connectivity index (χ3v) is 3.62. The Morgan fingerprint density at radius 1 is 1.28 bits per heavy atom. The van der Waals surface area contributed by atoms with Crippen molar-refractivity contribution in [2.45, 2.75) is 26.9 Å². The predicted octanol–water partition coefficient (Wildman–Crippen LogP) is 2.90. The molecule has 138 valence electrons. The Morgan fingerprint density at radius 3 is 2.76 bits per heavy atom. The Kier molecular flexibility index (Phi) is 9.98. The van der Waals surface area contributed by atoms with Crippen LogP contribution >= 0.6 is 24.0 Å². The molecule has 1 unspecified atom stereocenters. The lowest BCUT2D eigenvalue weighted by Gasteiger charge is -2.17. The fraction of sp³-hybridized carbons (Fsp3) is 0.444. The maximum absolute atomic E-state index is 5.65. The Bertz CT molecular complexity index is 630. The Hall–Kier alpha value is -1.77. The molecule has 0 spiro atoms. The topological polar surface area (TPSA) is 63.5 Å². The monoisotopic (exact) mass is 457 g/mol. The van der Waals surface area contributed by atoms with Gasteiger partial charge in [-0.2, -0.15) is 5.10 Å². The second-order valence-corrected chi connectivity index (χ2v) is 5.68. The first-order chi connectivity index (χ1) is 11.7. The minimum Gasteiger partial charge on any atom is -0.494 e. The van der Waals surface area contributed by atoms with Crippen molar-refractivity contribution in [2.24, 2.45) is 10.9 Å². The predicted molar refractivity (Wildman–Crippen MR) is 113 cm³/mol. The molecule has 0 aliphatic heterocycles. The Balaban J connectivity index is 0.00000312. The van der Waals surface area contributed by atoms with Gasteiger partial charge in [-0.25, -0.2) is 0 Å². The van der Waals surface area contributed by atoms with Gasteiger partial charge in [0.15, 0.2) is 5.96 Å². The molecular weight excluding hydrogens is 429 g/mol. The van der Waals surface area contributed by atoms with Crippen LogP contribution in [0.5, 0.6) is 5.75 Å². The van der Waals surface area contributed by atoms with E-state index in [1.165, 1.54) is 0 Å². The van der Waals surface area contributed by atoms with E-state index < -0.39 is 0 Å². The molecule has 2 N–H and O–H groups in total. The summed E-state index contributed by atoms with van der Waals surface area (Å²) in [5.41, 5.74) is 1.12. The average molecular weight is 457 g/mol. The van der Waals surface area contributed by atoms with Crippen molar-refractivity contribution in [2.75, 3.05) is 20.2 Å². The Morgan fingerprint density at radius 2 is 2.08 bits per heavy atom. The number of nitrogens with one attached hydrogen (secondary N) is 2. The maximum Gasteiger partial charge on any atom is 0.191 e. The number of benzene rings is 1. The van der Waals surface area contributed by atoms with Crippen LogP contribution in [-0.4, -0.2) is 35.9 Å². The molecule has 0 bridgehead atoms. The fourth-order valence-electron chi connectivity index (χ4n) is 2.41. The van der Waals surface area contributed by atoms with Crippen molar-refractivity contribution < 1.29 is 4.74 Å². The van der Waals surface area contributed by atoms with Gasteiger partial charge in [-0.05, 0) is 25.0 Å². The number of guanidine groups is 1. The van der Waals surface area contributed by atoms with Gasteiger partial charge in [0.1, 0.15) is 5.75 Å². The zero-order valence-corrected chi connectivity index (χ0v) is 17.4. The molecule has 0 amide bonds. The van der Waals surface area contributed by atoms with Crippen LogP contribution in [0.25, 0.3) is 0 Å². The highest BCUT2D eigenvalue weighted by atomic mass is 127. The summed E-state index contributed by atoms with van der Waals surface area (Å²) in [6.07, 6.45) is 3.78. The van der Waals surface area contributed by atoms with Crippen LogP contribution in [0.1, 0.15) is 19.4 Å². The molecular formula is C18H28IN5O. The normalized spacial score (nSPS) is 12.2. The third-order valence-electron chi connectivity index (χ3n) is 3.62. The molecule has 0 radical (unpaired) electrons. The summed E-state index contributed by atoms with van der Waals surface area (Å²) in [6, 6.07) is 9.99. The van der Waals surface area contributed by atoms with Crippen molar-refractivity contribution in [1.82, 2.24) is 20.4 Å². The SMILES string of the molecule is CCOc1ccccc1CNC(=NC)NCC(C)Cn1cccn1.I. The fourth-order valence-corrected chi connectivity index (χ4v) is 2.41. The van der Waals surface area contributed by atoms with Gasteiger partial charge < -0.3 is 15.4 Å². The summed E-state index contributed by atoms with van der Waals surface area (Å²) in [7, 11) is 1.78. The number of hydrogen-bond acceptors (Lipinski definition) is 3. The van der Waals surface area contributed by atoms with Gasteiger partial charge in [0.25, 0.3) is 0 Å². The molecule has 2 rings (SSSR count). The number of halogens is 1. The number of aromatic nitrogens is 2. The average Bonchev–Trinajstić information content (AvgIpc) is 3.09. The first kappa shape index (κ1) is 21.3. The largest absolute Gasteiger partial charge is 0.494 e. The number of ether oxygens (including phenoxy) is 1. The number of aliphatic imine (C=N–C) groups is 1. The van der Waals surface area contributed by atoms with E-state index in [-0.39, 0.29) is 24.0 Å². The second-order valence-electron chi connectivity index (χ2n) is 5.68. The molecule has 2 aromatic rings.